The van der Waals surface area contributed by atoms with Crippen molar-refractivity contribution in [3.05, 3.63) is 83.7 Å². The molecule has 0 aliphatic carbocycles. The maximum absolute atomic E-state index is 14.9. The number of hydrogen-bond acceptors (Lipinski definition) is 3. The molecule has 1 aliphatic heterocycles. The maximum Gasteiger partial charge on any atom is 0.258 e. The summed E-state index contributed by atoms with van der Waals surface area (Å²) in [5.74, 6) is -0.460. The van der Waals surface area contributed by atoms with Gasteiger partial charge in [-0.1, -0.05) is 42.0 Å². The van der Waals surface area contributed by atoms with E-state index in [-0.39, 0.29) is 13.2 Å². The van der Waals surface area contributed by atoms with Crippen LogP contribution in [-0.2, 0) is 0 Å². The third-order valence-corrected chi connectivity index (χ3v) is 6.37. The standard InChI is InChI=1S/C27H30FN3O.H2/c1-19-5-7-20(8-6-19)21-9-11-22(12-10-21)27(32)30(4)23-13-14-26(25(28)17-23)31-16-15-24(18-31)29(2)3;/h5-14,17,24H,15-16,18H2,1-4H3;1H. The number of nitrogens with zero attached hydrogens (tertiary/aromatic N) is 3. The second-order valence-electron chi connectivity index (χ2n) is 8.80. The van der Waals surface area contributed by atoms with Gasteiger partial charge < -0.3 is 14.7 Å². The number of aryl methyl sites for hydroxylation is 1. The third-order valence-electron chi connectivity index (χ3n) is 6.37. The maximum atomic E-state index is 14.9. The third kappa shape index (κ3) is 4.53. The zero-order chi connectivity index (χ0) is 22.8. The molecule has 0 bridgehead atoms. The van der Waals surface area contributed by atoms with Crippen LogP contribution in [-0.4, -0.2) is 51.1 Å². The Morgan fingerprint density at radius 3 is 2.16 bits per heavy atom. The van der Waals surface area contributed by atoms with Gasteiger partial charge in [0, 0.05) is 38.9 Å². The summed E-state index contributed by atoms with van der Waals surface area (Å²) >= 11 is 0. The summed E-state index contributed by atoms with van der Waals surface area (Å²) in [6, 6.07) is 21.3. The van der Waals surface area contributed by atoms with Crippen LogP contribution >= 0.6 is 0 Å². The fraction of sp³-hybridized carbons (Fsp3) is 0.296. The molecule has 1 heterocycles. The molecule has 4 nitrogen and oxygen atoms in total. The van der Waals surface area contributed by atoms with Crippen LogP contribution in [0.15, 0.2) is 66.7 Å². The van der Waals surface area contributed by atoms with Crippen LogP contribution in [0.4, 0.5) is 15.8 Å². The Balaban J connectivity index is 0.00000306. The van der Waals surface area contributed by atoms with Crippen LogP contribution in [0.2, 0.25) is 0 Å². The lowest BCUT2D eigenvalue weighted by atomic mass is 10.0. The number of halogens is 1. The normalized spacial score (nSPS) is 15.9. The van der Waals surface area contributed by atoms with E-state index in [1.807, 2.05) is 30.3 Å². The minimum absolute atomic E-state index is 0. The Kier molecular flexibility index (Phi) is 6.28. The monoisotopic (exact) mass is 433 g/mol. The molecule has 4 rings (SSSR count). The summed E-state index contributed by atoms with van der Waals surface area (Å²) in [7, 11) is 5.80. The number of benzene rings is 3. The summed E-state index contributed by atoms with van der Waals surface area (Å²) in [5.41, 5.74) is 5.09. The van der Waals surface area contributed by atoms with Crippen molar-refractivity contribution in [3.63, 3.8) is 0 Å². The first kappa shape index (κ1) is 22.0. The Bertz CT molecular complexity index is 1100. The van der Waals surface area contributed by atoms with Crippen molar-refractivity contribution < 1.29 is 10.6 Å². The first-order valence-corrected chi connectivity index (χ1v) is 11.0. The molecule has 32 heavy (non-hydrogen) atoms. The topological polar surface area (TPSA) is 26.8 Å². The number of amides is 1. The first-order valence-electron chi connectivity index (χ1n) is 11.0. The van der Waals surface area contributed by atoms with Gasteiger partial charge in [-0.3, -0.25) is 4.79 Å². The molecule has 0 spiro atoms. The van der Waals surface area contributed by atoms with Gasteiger partial charge >= 0.3 is 0 Å². The first-order chi connectivity index (χ1) is 15.3. The quantitative estimate of drug-likeness (QED) is 0.534. The predicted molar refractivity (Wildman–Crippen MR) is 132 cm³/mol. The zero-order valence-electron chi connectivity index (χ0n) is 19.2. The van der Waals surface area contributed by atoms with Crippen LogP contribution < -0.4 is 9.80 Å². The highest BCUT2D eigenvalue weighted by atomic mass is 19.1. The van der Waals surface area contributed by atoms with Crippen LogP contribution in [0.3, 0.4) is 0 Å². The minimum atomic E-state index is -0.295. The van der Waals surface area contributed by atoms with Gasteiger partial charge in [0.2, 0.25) is 0 Å². The highest BCUT2D eigenvalue weighted by molar-refractivity contribution is 6.06. The van der Waals surface area contributed by atoms with Gasteiger partial charge in [-0.15, -0.1) is 0 Å². The van der Waals surface area contributed by atoms with E-state index in [9.17, 15) is 9.18 Å². The number of carbonyl (C=O) groups excluding carboxylic acids is 1. The summed E-state index contributed by atoms with van der Waals surface area (Å²) < 4.78 is 14.9. The second kappa shape index (κ2) is 9.13. The number of anilines is 2. The Morgan fingerprint density at radius 2 is 1.59 bits per heavy atom. The summed E-state index contributed by atoms with van der Waals surface area (Å²) in [6.07, 6.45) is 1.02. The van der Waals surface area contributed by atoms with Crippen molar-refractivity contribution in [3.8, 4) is 11.1 Å². The van der Waals surface area contributed by atoms with Gasteiger partial charge in [0.15, 0.2) is 0 Å². The smallest absolute Gasteiger partial charge is 0.258 e. The molecule has 3 aromatic carbocycles. The molecule has 0 radical (unpaired) electrons. The number of hydrogen-bond donors (Lipinski definition) is 0. The van der Waals surface area contributed by atoms with Crippen LogP contribution in [0.5, 0.6) is 0 Å². The molecule has 5 heteroatoms. The van der Waals surface area contributed by atoms with Gasteiger partial charge in [0.05, 0.1) is 5.69 Å². The SMILES string of the molecule is Cc1ccc(-c2ccc(C(=O)N(C)c3ccc(N4CCC(N(C)C)C4)c(F)c3)cc2)cc1.[HH]. The molecule has 1 unspecified atom stereocenters. The molecular formula is C27H32FN3O. The van der Waals surface area contributed by atoms with E-state index in [1.165, 1.54) is 16.5 Å². The molecule has 1 fully saturated rings. The molecular weight excluding hydrogens is 401 g/mol. The largest absolute Gasteiger partial charge is 0.368 e. The molecule has 1 aliphatic rings. The van der Waals surface area contributed by atoms with Crippen LogP contribution in [0.1, 0.15) is 23.8 Å². The van der Waals surface area contributed by atoms with Crippen LogP contribution in [0.25, 0.3) is 11.1 Å². The predicted octanol–water partition coefficient (Wildman–Crippen LogP) is 5.46. The molecule has 1 atom stereocenters. The zero-order valence-corrected chi connectivity index (χ0v) is 19.2. The summed E-state index contributed by atoms with van der Waals surface area (Å²) in [5, 5.41) is 0. The van der Waals surface area contributed by atoms with Crippen molar-refractivity contribution in [2.24, 2.45) is 0 Å². The fourth-order valence-corrected chi connectivity index (χ4v) is 4.21. The van der Waals surface area contributed by atoms with E-state index in [1.54, 1.807) is 13.1 Å². The van der Waals surface area contributed by atoms with Gasteiger partial charge in [-0.2, -0.15) is 0 Å². The molecule has 3 aromatic rings. The molecule has 1 amide bonds. The highest BCUT2D eigenvalue weighted by Crippen LogP contribution is 2.29. The van der Waals surface area contributed by atoms with Crippen molar-refractivity contribution in [2.45, 2.75) is 19.4 Å². The molecule has 0 saturated carbocycles. The van der Waals surface area contributed by atoms with Crippen molar-refractivity contribution >= 4 is 17.3 Å². The van der Waals surface area contributed by atoms with Crippen molar-refractivity contribution in [1.29, 1.82) is 0 Å². The molecule has 0 aromatic heterocycles. The lowest BCUT2D eigenvalue weighted by molar-refractivity contribution is 0.0993. The Labute approximate surface area is 191 Å². The minimum Gasteiger partial charge on any atom is -0.368 e. The Hall–Kier alpha value is -3.18. The van der Waals surface area contributed by atoms with Crippen LogP contribution in [0, 0.1) is 12.7 Å². The lowest BCUT2D eigenvalue weighted by Crippen LogP contribution is -2.31. The van der Waals surface area contributed by atoms with E-state index < -0.39 is 0 Å². The molecule has 0 N–H and O–H groups in total. The van der Waals surface area contributed by atoms with Gasteiger partial charge in [-0.25, -0.2) is 4.39 Å². The molecule has 1 saturated heterocycles. The Morgan fingerprint density at radius 1 is 0.969 bits per heavy atom. The van der Waals surface area contributed by atoms with E-state index in [0.29, 0.717) is 23.0 Å². The van der Waals surface area contributed by atoms with Gasteiger partial charge in [0.25, 0.3) is 5.91 Å². The van der Waals surface area contributed by atoms with Gasteiger partial charge in [-0.05, 0) is 68.9 Å². The second-order valence-corrected chi connectivity index (χ2v) is 8.80. The lowest BCUT2D eigenvalue weighted by Gasteiger charge is -2.24. The van der Waals surface area contributed by atoms with Crippen molar-refractivity contribution in [2.75, 3.05) is 44.0 Å². The number of rotatable bonds is 5. The van der Waals surface area contributed by atoms with Crippen molar-refractivity contribution in [1.82, 2.24) is 4.90 Å². The average Bonchev–Trinajstić information content (AvgIpc) is 3.29. The fourth-order valence-electron chi connectivity index (χ4n) is 4.21. The summed E-state index contributed by atoms with van der Waals surface area (Å²) in [6.45, 7) is 3.70. The summed E-state index contributed by atoms with van der Waals surface area (Å²) in [4.78, 5) is 18.8. The number of carbonyl (C=O) groups is 1. The van der Waals surface area contributed by atoms with E-state index >= 15 is 0 Å². The van der Waals surface area contributed by atoms with E-state index in [0.717, 1.165) is 30.6 Å². The van der Waals surface area contributed by atoms with E-state index in [4.69, 9.17) is 0 Å². The van der Waals surface area contributed by atoms with E-state index in [2.05, 4.69) is 55.1 Å². The van der Waals surface area contributed by atoms with Gasteiger partial charge in [0.1, 0.15) is 5.82 Å². The number of likely N-dealkylation sites (N-methyl/N-ethyl adjacent to an activating group) is 1. The highest BCUT2D eigenvalue weighted by Gasteiger charge is 2.26. The molecule has 168 valence electrons. The average molecular weight is 434 g/mol.